The molecule has 2 aromatic rings. The third kappa shape index (κ3) is 6.33. The van der Waals surface area contributed by atoms with Gasteiger partial charge >= 0.3 is 0 Å². The van der Waals surface area contributed by atoms with Crippen molar-refractivity contribution in [2.24, 2.45) is 0 Å². The second kappa shape index (κ2) is 7.11. The Labute approximate surface area is 129 Å². The summed E-state index contributed by atoms with van der Waals surface area (Å²) in [6.45, 7) is 1.84. The SMILES string of the molecule is CS(C)(C)c1ccccc1.Cc1ccc(S(=O)(=O)O)cc1. The molecule has 0 bridgehead atoms. The van der Waals surface area contributed by atoms with Crippen molar-refractivity contribution >= 4 is 20.1 Å². The first-order valence-corrected chi connectivity index (χ1v) is 10.7. The van der Waals surface area contributed by atoms with Crippen LogP contribution in [0.5, 0.6) is 0 Å². The normalized spacial score (nSPS) is 12.2. The van der Waals surface area contributed by atoms with Crippen molar-refractivity contribution in [1.29, 1.82) is 0 Å². The molecule has 0 radical (unpaired) electrons. The zero-order valence-electron chi connectivity index (χ0n) is 12.8. The van der Waals surface area contributed by atoms with E-state index in [-0.39, 0.29) is 4.90 Å². The van der Waals surface area contributed by atoms with Crippen molar-refractivity contribution in [3.05, 3.63) is 60.2 Å². The Hall–Kier alpha value is -1.30. The summed E-state index contributed by atoms with van der Waals surface area (Å²) in [5.74, 6) is 0. The van der Waals surface area contributed by atoms with Crippen LogP contribution in [-0.4, -0.2) is 31.7 Å². The lowest BCUT2D eigenvalue weighted by molar-refractivity contribution is 0.483. The minimum absolute atomic E-state index is 0.0666. The summed E-state index contributed by atoms with van der Waals surface area (Å²) < 4.78 is 29.6. The fraction of sp³-hybridized carbons (Fsp3) is 0.250. The predicted octanol–water partition coefficient (Wildman–Crippen LogP) is 3.98. The van der Waals surface area contributed by atoms with Gasteiger partial charge in [0.15, 0.2) is 0 Å². The molecule has 0 spiro atoms. The quantitative estimate of drug-likeness (QED) is 0.849. The van der Waals surface area contributed by atoms with E-state index in [1.807, 2.05) is 6.92 Å². The summed E-state index contributed by atoms with van der Waals surface area (Å²) in [7, 11) is -4.52. The van der Waals surface area contributed by atoms with Crippen LogP contribution < -0.4 is 0 Å². The molecular weight excluding hydrogens is 304 g/mol. The molecule has 2 aromatic carbocycles. The first-order chi connectivity index (χ1) is 9.60. The highest BCUT2D eigenvalue weighted by atomic mass is 32.3. The van der Waals surface area contributed by atoms with Crippen LogP contribution in [0, 0.1) is 6.92 Å². The molecule has 0 aliphatic heterocycles. The standard InChI is InChI=1S/C9H14S.C7H8O3S/c1-10(2,3)9-7-5-4-6-8-9;1-6-2-4-7(5-3-6)11(8,9)10/h4-8H,1-3H3;2-5H,1H3,(H,8,9,10). The van der Waals surface area contributed by atoms with Crippen LogP contribution >= 0.6 is 10.0 Å². The van der Waals surface area contributed by atoms with Gasteiger partial charge in [-0.05, 0) is 42.7 Å². The van der Waals surface area contributed by atoms with Crippen molar-refractivity contribution in [1.82, 2.24) is 0 Å². The van der Waals surface area contributed by atoms with Gasteiger partial charge in [-0.3, -0.25) is 4.55 Å². The molecule has 0 atom stereocenters. The van der Waals surface area contributed by atoms with Crippen LogP contribution in [0.2, 0.25) is 0 Å². The first kappa shape index (κ1) is 17.8. The van der Waals surface area contributed by atoms with Crippen molar-refractivity contribution < 1.29 is 13.0 Å². The summed E-state index contributed by atoms with van der Waals surface area (Å²) in [5, 5.41) is 0. The Morgan fingerprint density at radius 1 is 0.762 bits per heavy atom. The van der Waals surface area contributed by atoms with Crippen LogP contribution in [-0.2, 0) is 10.1 Å². The van der Waals surface area contributed by atoms with Gasteiger partial charge in [0, 0.05) is 0 Å². The Bertz CT molecular complexity index is 655. The summed E-state index contributed by atoms with van der Waals surface area (Å²) in [5.41, 5.74) is 0.956. The molecule has 0 aliphatic carbocycles. The second-order valence-corrected chi connectivity index (χ2v) is 11.0. The summed E-state index contributed by atoms with van der Waals surface area (Å²) in [6.07, 6.45) is 6.92. The molecule has 0 heterocycles. The van der Waals surface area contributed by atoms with E-state index in [2.05, 4.69) is 49.1 Å². The maximum atomic E-state index is 10.5. The van der Waals surface area contributed by atoms with Crippen LogP contribution in [0.4, 0.5) is 0 Å². The topological polar surface area (TPSA) is 54.4 Å². The van der Waals surface area contributed by atoms with Crippen LogP contribution in [0.3, 0.4) is 0 Å². The third-order valence-electron chi connectivity index (χ3n) is 2.77. The average Bonchev–Trinajstić information content (AvgIpc) is 2.39. The summed E-state index contributed by atoms with van der Waals surface area (Å²) >= 11 is 0. The van der Waals surface area contributed by atoms with Crippen molar-refractivity contribution in [3.8, 4) is 0 Å². The van der Waals surface area contributed by atoms with E-state index in [4.69, 9.17) is 4.55 Å². The van der Waals surface area contributed by atoms with E-state index in [0.29, 0.717) is 0 Å². The highest BCUT2D eigenvalue weighted by Crippen LogP contribution is 2.44. The Balaban J connectivity index is 0.000000211. The molecule has 0 saturated heterocycles. The van der Waals surface area contributed by atoms with E-state index in [9.17, 15) is 8.42 Å². The van der Waals surface area contributed by atoms with Gasteiger partial charge in [-0.25, -0.2) is 10.0 Å². The van der Waals surface area contributed by atoms with Crippen molar-refractivity contribution in [3.63, 3.8) is 0 Å². The molecule has 0 aromatic heterocycles. The Morgan fingerprint density at radius 2 is 1.24 bits per heavy atom. The Morgan fingerprint density at radius 3 is 1.57 bits per heavy atom. The van der Waals surface area contributed by atoms with E-state index in [0.717, 1.165) is 5.56 Å². The van der Waals surface area contributed by atoms with Gasteiger partial charge in [0.05, 0.1) is 4.90 Å². The van der Waals surface area contributed by atoms with Gasteiger partial charge in [-0.15, -0.1) is 0 Å². The lowest BCUT2D eigenvalue weighted by atomic mass is 10.2. The van der Waals surface area contributed by atoms with Gasteiger partial charge in [0.1, 0.15) is 0 Å². The molecule has 116 valence electrons. The maximum absolute atomic E-state index is 10.5. The van der Waals surface area contributed by atoms with Gasteiger partial charge in [-0.2, -0.15) is 8.42 Å². The zero-order valence-corrected chi connectivity index (χ0v) is 14.4. The predicted molar refractivity (Wildman–Crippen MR) is 91.1 cm³/mol. The Kier molecular flexibility index (Phi) is 6.01. The molecular formula is C16H22O3S2. The largest absolute Gasteiger partial charge is 0.294 e. The van der Waals surface area contributed by atoms with Crippen molar-refractivity contribution in [2.45, 2.75) is 16.7 Å². The molecule has 0 amide bonds. The monoisotopic (exact) mass is 326 g/mol. The van der Waals surface area contributed by atoms with E-state index < -0.39 is 20.1 Å². The number of hydrogen-bond donors (Lipinski definition) is 1. The molecule has 0 aliphatic rings. The average molecular weight is 326 g/mol. The molecule has 1 N–H and O–H groups in total. The minimum atomic E-state index is -4.02. The highest BCUT2D eigenvalue weighted by Gasteiger charge is 2.07. The first-order valence-electron chi connectivity index (χ1n) is 6.38. The molecule has 0 unspecified atom stereocenters. The fourth-order valence-corrected chi connectivity index (χ4v) is 2.99. The maximum Gasteiger partial charge on any atom is 0.294 e. The smallest absolute Gasteiger partial charge is 0.282 e. The van der Waals surface area contributed by atoms with Gasteiger partial charge in [0.2, 0.25) is 0 Å². The zero-order chi connectivity index (χ0) is 16.1. The van der Waals surface area contributed by atoms with Crippen molar-refractivity contribution in [2.75, 3.05) is 18.8 Å². The summed E-state index contributed by atoms with van der Waals surface area (Å²) in [4.78, 5) is 1.41. The van der Waals surface area contributed by atoms with E-state index >= 15 is 0 Å². The van der Waals surface area contributed by atoms with Gasteiger partial charge in [-0.1, -0.05) is 48.0 Å². The number of rotatable bonds is 2. The lowest BCUT2D eigenvalue weighted by Gasteiger charge is -2.25. The highest BCUT2D eigenvalue weighted by molar-refractivity contribution is 8.32. The number of aryl methyl sites for hydroxylation is 1. The minimum Gasteiger partial charge on any atom is -0.282 e. The van der Waals surface area contributed by atoms with Gasteiger partial charge < -0.3 is 0 Å². The molecule has 2 rings (SSSR count). The third-order valence-corrected chi connectivity index (χ3v) is 5.32. The molecule has 5 heteroatoms. The molecule has 0 fully saturated rings. The number of benzene rings is 2. The van der Waals surface area contributed by atoms with Crippen LogP contribution in [0.15, 0.2) is 64.4 Å². The second-order valence-electron chi connectivity index (χ2n) is 5.44. The molecule has 21 heavy (non-hydrogen) atoms. The lowest BCUT2D eigenvalue weighted by Crippen LogP contribution is -1.96. The molecule has 0 saturated carbocycles. The van der Waals surface area contributed by atoms with Crippen LogP contribution in [0.1, 0.15) is 5.56 Å². The molecule has 3 nitrogen and oxygen atoms in total. The fourth-order valence-electron chi connectivity index (χ4n) is 1.54. The van der Waals surface area contributed by atoms with E-state index in [1.54, 1.807) is 12.1 Å². The van der Waals surface area contributed by atoms with Gasteiger partial charge in [0.25, 0.3) is 10.1 Å². The summed E-state index contributed by atoms with van der Waals surface area (Å²) in [6, 6.07) is 16.7. The number of hydrogen-bond acceptors (Lipinski definition) is 2. The van der Waals surface area contributed by atoms with Crippen LogP contribution in [0.25, 0.3) is 0 Å². The van der Waals surface area contributed by atoms with E-state index in [1.165, 1.54) is 17.0 Å².